The Morgan fingerprint density at radius 3 is 2.86 bits per heavy atom. The Morgan fingerprint density at radius 1 is 1.50 bits per heavy atom. The van der Waals surface area contributed by atoms with Crippen LogP contribution in [0.1, 0.15) is 19.3 Å². The van der Waals surface area contributed by atoms with Crippen molar-refractivity contribution < 1.29 is 4.79 Å². The Balaban J connectivity index is 1.77. The molecule has 1 amide bonds. The second kappa shape index (κ2) is 3.87. The smallest absolute Gasteiger partial charge is 0.234 e. The van der Waals surface area contributed by atoms with E-state index in [0.717, 1.165) is 13.1 Å². The molecule has 1 spiro atoms. The van der Waals surface area contributed by atoms with Crippen LogP contribution in [0.15, 0.2) is 0 Å². The fourth-order valence-corrected chi connectivity index (χ4v) is 2.43. The van der Waals surface area contributed by atoms with Crippen LogP contribution in [0.25, 0.3) is 0 Å². The van der Waals surface area contributed by atoms with E-state index in [9.17, 15) is 4.79 Å². The monoisotopic (exact) mass is 197 g/mol. The van der Waals surface area contributed by atoms with E-state index in [2.05, 4.69) is 16.0 Å². The average molecular weight is 197 g/mol. The van der Waals surface area contributed by atoms with Gasteiger partial charge in [-0.3, -0.25) is 4.79 Å². The zero-order chi connectivity index (χ0) is 10.0. The molecule has 4 nitrogen and oxygen atoms in total. The molecule has 80 valence electrons. The molecule has 4 heteroatoms. The van der Waals surface area contributed by atoms with Crippen LogP contribution >= 0.6 is 0 Å². The number of carbonyl (C=O) groups is 1. The summed E-state index contributed by atoms with van der Waals surface area (Å²) in [5.74, 6) is 0.132. The van der Waals surface area contributed by atoms with Gasteiger partial charge in [-0.05, 0) is 44.8 Å². The molecule has 0 radical (unpaired) electrons. The molecule has 0 bridgehead atoms. The lowest BCUT2D eigenvalue weighted by Gasteiger charge is -2.23. The minimum atomic E-state index is 0.132. The number of rotatable bonds is 3. The normalized spacial score (nSPS) is 28.8. The molecule has 1 atom stereocenters. The molecule has 1 heterocycles. The summed E-state index contributed by atoms with van der Waals surface area (Å²) in [6.45, 7) is 2.65. The van der Waals surface area contributed by atoms with E-state index in [1.165, 1.54) is 19.3 Å². The summed E-state index contributed by atoms with van der Waals surface area (Å²) in [5, 5.41) is 9.31. The lowest BCUT2D eigenvalue weighted by Crippen LogP contribution is -2.38. The molecule has 0 aromatic rings. The molecule has 0 aromatic heterocycles. The van der Waals surface area contributed by atoms with Gasteiger partial charge in [0.2, 0.25) is 5.91 Å². The summed E-state index contributed by atoms with van der Waals surface area (Å²) in [5.41, 5.74) is 0.453. The third kappa shape index (κ3) is 1.91. The molecular weight excluding hydrogens is 178 g/mol. The summed E-state index contributed by atoms with van der Waals surface area (Å²) in [4.78, 5) is 11.3. The summed E-state index contributed by atoms with van der Waals surface area (Å²) in [6.07, 6.45) is 3.62. The van der Waals surface area contributed by atoms with E-state index in [0.29, 0.717) is 18.0 Å². The molecule has 14 heavy (non-hydrogen) atoms. The number of hydrogen-bond donors (Lipinski definition) is 3. The number of likely N-dealkylation sites (N-methyl/N-ethyl adjacent to an activating group) is 1. The first-order valence-corrected chi connectivity index (χ1v) is 5.41. The van der Waals surface area contributed by atoms with Crippen LogP contribution in [-0.4, -0.2) is 38.6 Å². The van der Waals surface area contributed by atoms with E-state index < -0.39 is 0 Å². The second-order valence-corrected chi connectivity index (χ2v) is 4.47. The first-order valence-electron chi connectivity index (χ1n) is 5.41. The summed E-state index contributed by atoms with van der Waals surface area (Å²) < 4.78 is 0. The summed E-state index contributed by atoms with van der Waals surface area (Å²) in [7, 11) is 1.80. The first kappa shape index (κ1) is 9.93. The minimum Gasteiger partial charge on any atom is -0.352 e. The van der Waals surface area contributed by atoms with Crippen LogP contribution in [-0.2, 0) is 4.79 Å². The molecule has 1 aliphatic carbocycles. The minimum absolute atomic E-state index is 0.132. The van der Waals surface area contributed by atoms with Crippen LogP contribution in [0.4, 0.5) is 0 Å². The largest absolute Gasteiger partial charge is 0.352 e. The lowest BCUT2D eigenvalue weighted by atomic mass is 9.94. The highest BCUT2D eigenvalue weighted by atomic mass is 16.2. The van der Waals surface area contributed by atoms with Crippen LogP contribution in [0.3, 0.4) is 0 Å². The molecule has 1 saturated heterocycles. The van der Waals surface area contributed by atoms with Gasteiger partial charge in [0.15, 0.2) is 0 Å². The molecule has 3 N–H and O–H groups in total. The number of carbonyl (C=O) groups excluding carboxylic acids is 1. The Kier molecular flexibility index (Phi) is 2.74. The second-order valence-electron chi connectivity index (χ2n) is 4.47. The van der Waals surface area contributed by atoms with Crippen molar-refractivity contribution in [2.75, 3.05) is 26.7 Å². The number of piperidine rings is 1. The van der Waals surface area contributed by atoms with Crippen molar-refractivity contribution in [1.82, 2.24) is 16.0 Å². The van der Waals surface area contributed by atoms with Crippen molar-refractivity contribution >= 4 is 5.91 Å². The standard InChI is InChI=1S/C10H19N3O/c1-11-7-9(14)13-8-6-10(8)2-4-12-5-3-10/h8,11-12H,2-7H2,1H3,(H,13,14). The quantitative estimate of drug-likeness (QED) is 0.570. The number of hydrogen-bond acceptors (Lipinski definition) is 3. The maximum atomic E-state index is 11.3. The number of nitrogens with one attached hydrogen (secondary N) is 3. The number of amides is 1. The molecule has 2 aliphatic rings. The lowest BCUT2D eigenvalue weighted by molar-refractivity contribution is -0.120. The predicted octanol–water partition coefficient (Wildman–Crippen LogP) is -0.536. The van der Waals surface area contributed by atoms with Gasteiger partial charge < -0.3 is 16.0 Å². The van der Waals surface area contributed by atoms with Crippen molar-refractivity contribution in [3.63, 3.8) is 0 Å². The summed E-state index contributed by atoms with van der Waals surface area (Å²) in [6, 6.07) is 0.449. The topological polar surface area (TPSA) is 53.2 Å². The van der Waals surface area contributed by atoms with E-state index in [-0.39, 0.29) is 5.91 Å². The van der Waals surface area contributed by atoms with Gasteiger partial charge in [0.05, 0.1) is 6.54 Å². The zero-order valence-electron chi connectivity index (χ0n) is 8.73. The Hall–Kier alpha value is -0.610. The van der Waals surface area contributed by atoms with Gasteiger partial charge in [-0.15, -0.1) is 0 Å². The van der Waals surface area contributed by atoms with Crippen molar-refractivity contribution in [3.05, 3.63) is 0 Å². The van der Waals surface area contributed by atoms with Crippen molar-refractivity contribution in [3.8, 4) is 0 Å². The molecule has 2 rings (SSSR count). The molecule has 2 fully saturated rings. The third-order valence-electron chi connectivity index (χ3n) is 3.46. The SMILES string of the molecule is CNCC(=O)NC1CC12CCNCC2. The van der Waals surface area contributed by atoms with E-state index in [1.54, 1.807) is 7.05 Å². The molecule has 1 saturated carbocycles. The first-order chi connectivity index (χ1) is 6.77. The Bertz CT molecular complexity index is 223. The van der Waals surface area contributed by atoms with Gasteiger partial charge in [0.1, 0.15) is 0 Å². The van der Waals surface area contributed by atoms with Crippen LogP contribution < -0.4 is 16.0 Å². The average Bonchev–Trinajstić information content (AvgIpc) is 2.79. The Labute approximate surface area is 84.8 Å². The van der Waals surface area contributed by atoms with E-state index >= 15 is 0 Å². The van der Waals surface area contributed by atoms with Gasteiger partial charge in [-0.2, -0.15) is 0 Å². The molecule has 1 unspecified atom stereocenters. The van der Waals surface area contributed by atoms with Gasteiger partial charge in [0, 0.05) is 6.04 Å². The maximum absolute atomic E-state index is 11.3. The van der Waals surface area contributed by atoms with Crippen LogP contribution in [0, 0.1) is 5.41 Å². The Morgan fingerprint density at radius 2 is 2.21 bits per heavy atom. The summed E-state index contributed by atoms with van der Waals surface area (Å²) >= 11 is 0. The maximum Gasteiger partial charge on any atom is 0.234 e. The molecule has 0 aromatic carbocycles. The van der Waals surface area contributed by atoms with Gasteiger partial charge in [-0.1, -0.05) is 0 Å². The van der Waals surface area contributed by atoms with Gasteiger partial charge in [0.25, 0.3) is 0 Å². The van der Waals surface area contributed by atoms with E-state index in [4.69, 9.17) is 0 Å². The predicted molar refractivity (Wildman–Crippen MR) is 55.0 cm³/mol. The molecule has 1 aliphatic heterocycles. The highest BCUT2D eigenvalue weighted by Crippen LogP contribution is 2.52. The van der Waals surface area contributed by atoms with Crippen LogP contribution in [0.5, 0.6) is 0 Å². The van der Waals surface area contributed by atoms with Crippen molar-refractivity contribution in [2.45, 2.75) is 25.3 Å². The van der Waals surface area contributed by atoms with Crippen molar-refractivity contribution in [1.29, 1.82) is 0 Å². The van der Waals surface area contributed by atoms with Crippen LogP contribution in [0.2, 0.25) is 0 Å². The van der Waals surface area contributed by atoms with Gasteiger partial charge in [-0.25, -0.2) is 0 Å². The molecular formula is C10H19N3O. The fraction of sp³-hybridized carbons (Fsp3) is 0.900. The van der Waals surface area contributed by atoms with Gasteiger partial charge >= 0.3 is 0 Å². The highest BCUT2D eigenvalue weighted by Gasteiger charge is 2.54. The van der Waals surface area contributed by atoms with E-state index in [1.807, 2.05) is 0 Å². The zero-order valence-corrected chi connectivity index (χ0v) is 8.73. The van der Waals surface area contributed by atoms with Crippen molar-refractivity contribution in [2.24, 2.45) is 5.41 Å². The highest BCUT2D eigenvalue weighted by molar-refractivity contribution is 5.78. The third-order valence-corrected chi connectivity index (χ3v) is 3.46. The fourth-order valence-electron chi connectivity index (χ4n) is 2.43.